The van der Waals surface area contributed by atoms with Crippen LogP contribution in [0.5, 0.6) is 0 Å². The van der Waals surface area contributed by atoms with E-state index < -0.39 is 23.6 Å². The van der Waals surface area contributed by atoms with Crippen LogP contribution in [0.4, 0.5) is 36.2 Å². The number of primary amides is 1. The average Bonchev–Trinajstić information content (AvgIpc) is 3.03. The van der Waals surface area contributed by atoms with Crippen LogP contribution in [-0.2, 0) is 6.18 Å². The van der Waals surface area contributed by atoms with Crippen molar-refractivity contribution in [3.8, 4) is 0 Å². The second kappa shape index (κ2) is 7.54. The van der Waals surface area contributed by atoms with E-state index >= 15 is 0 Å². The number of rotatable bonds is 5. The molecule has 0 aliphatic heterocycles. The topological polar surface area (TPSA) is 139 Å². The van der Waals surface area contributed by atoms with E-state index in [1.54, 1.807) is 24.3 Å². The number of halogens is 3. The summed E-state index contributed by atoms with van der Waals surface area (Å²) in [5.41, 5.74) is 11.1. The third-order valence-electron chi connectivity index (χ3n) is 3.92. The van der Waals surface area contributed by atoms with Crippen molar-refractivity contribution in [1.82, 2.24) is 10.2 Å². The lowest BCUT2D eigenvalue weighted by Gasteiger charge is -2.09. The van der Waals surface area contributed by atoms with E-state index in [0.29, 0.717) is 11.4 Å². The maximum Gasteiger partial charge on any atom is 0.416 e. The fraction of sp³-hybridized carbons (Fsp3) is 0.0556. The van der Waals surface area contributed by atoms with Crippen molar-refractivity contribution < 1.29 is 22.8 Å². The summed E-state index contributed by atoms with van der Waals surface area (Å²) in [6.45, 7) is 0. The van der Waals surface area contributed by atoms with Crippen molar-refractivity contribution in [3.63, 3.8) is 0 Å². The Morgan fingerprint density at radius 2 is 1.55 bits per heavy atom. The van der Waals surface area contributed by atoms with Gasteiger partial charge >= 0.3 is 6.18 Å². The summed E-state index contributed by atoms with van der Waals surface area (Å²) in [6, 6.07) is 10.2. The highest BCUT2D eigenvalue weighted by atomic mass is 19.4. The summed E-state index contributed by atoms with van der Waals surface area (Å²) in [5, 5.41) is 11.7. The van der Waals surface area contributed by atoms with Crippen LogP contribution in [0.25, 0.3) is 0 Å². The molecule has 0 saturated heterocycles. The molecule has 0 spiro atoms. The molecule has 2 aromatic carbocycles. The molecule has 3 rings (SSSR count). The van der Waals surface area contributed by atoms with Gasteiger partial charge in [-0.3, -0.25) is 14.7 Å². The van der Waals surface area contributed by atoms with Gasteiger partial charge in [-0.15, -0.1) is 0 Å². The summed E-state index contributed by atoms with van der Waals surface area (Å²) >= 11 is 0. The lowest BCUT2D eigenvalue weighted by Crippen LogP contribution is -2.14. The number of hydrogen-bond acceptors (Lipinski definition) is 5. The number of carbonyl (C=O) groups excluding carboxylic acids is 2. The predicted molar refractivity (Wildman–Crippen MR) is 101 cm³/mol. The number of nitrogens with zero attached hydrogens (tertiary/aromatic N) is 1. The lowest BCUT2D eigenvalue weighted by molar-refractivity contribution is -0.137. The third kappa shape index (κ3) is 4.46. The fourth-order valence-electron chi connectivity index (χ4n) is 2.48. The second-order valence-corrected chi connectivity index (χ2v) is 5.96. The number of nitrogens with one attached hydrogen (secondary N) is 3. The van der Waals surface area contributed by atoms with Gasteiger partial charge in [-0.05, 0) is 48.5 Å². The van der Waals surface area contributed by atoms with E-state index in [9.17, 15) is 22.8 Å². The van der Waals surface area contributed by atoms with Crippen molar-refractivity contribution >= 4 is 34.8 Å². The van der Waals surface area contributed by atoms with E-state index in [-0.39, 0.29) is 22.8 Å². The fourth-order valence-corrected chi connectivity index (χ4v) is 2.48. The summed E-state index contributed by atoms with van der Waals surface area (Å²) < 4.78 is 37.8. The molecule has 0 aliphatic carbocycles. The van der Waals surface area contributed by atoms with Crippen molar-refractivity contribution in [2.45, 2.75) is 6.18 Å². The van der Waals surface area contributed by atoms with Crippen molar-refractivity contribution in [1.29, 1.82) is 0 Å². The molecule has 0 radical (unpaired) electrons. The first-order chi connectivity index (χ1) is 13.6. The third-order valence-corrected chi connectivity index (χ3v) is 3.92. The molecular weight excluding hydrogens is 389 g/mol. The van der Waals surface area contributed by atoms with Crippen LogP contribution in [-0.4, -0.2) is 22.0 Å². The minimum Gasteiger partial charge on any atom is -0.383 e. The number of H-pyrrole nitrogens is 1. The largest absolute Gasteiger partial charge is 0.416 e. The Bertz CT molecular complexity index is 1040. The van der Waals surface area contributed by atoms with Crippen LogP contribution in [0.15, 0.2) is 48.5 Å². The highest BCUT2D eigenvalue weighted by Crippen LogP contribution is 2.29. The molecule has 3 aromatic rings. The zero-order valence-electron chi connectivity index (χ0n) is 14.7. The number of anilines is 4. The standard InChI is InChI=1S/C18H15F3N6O2/c19-18(20,21)10-3-1-9(2-4-10)17(29)25-12-7-5-11(6-8-12)24-16-13(15(23)28)14(22)26-27-16/h1-8H,(H2,23,28)(H,25,29)(H4,22,24,26,27). The highest BCUT2D eigenvalue weighted by Gasteiger charge is 2.30. The van der Waals surface area contributed by atoms with Gasteiger partial charge in [-0.1, -0.05) is 0 Å². The summed E-state index contributed by atoms with van der Waals surface area (Å²) in [5.74, 6) is -1.13. The van der Waals surface area contributed by atoms with Gasteiger partial charge in [0.05, 0.1) is 5.56 Å². The van der Waals surface area contributed by atoms with E-state index in [1.807, 2.05) is 0 Å². The van der Waals surface area contributed by atoms with E-state index in [2.05, 4.69) is 20.8 Å². The van der Waals surface area contributed by atoms with Gasteiger partial charge in [-0.2, -0.15) is 18.3 Å². The summed E-state index contributed by atoms with van der Waals surface area (Å²) in [4.78, 5) is 23.6. The highest BCUT2D eigenvalue weighted by molar-refractivity contribution is 6.04. The molecule has 1 aromatic heterocycles. The zero-order chi connectivity index (χ0) is 21.2. The van der Waals surface area contributed by atoms with Crippen LogP contribution >= 0.6 is 0 Å². The maximum absolute atomic E-state index is 12.6. The second-order valence-electron chi connectivity index (χ2n) is 5.96. The van der Waals surface area contributed by atoms with E-state index in [1.165, 1.54) is 0 Å². The van der Waals surface area contributed by atoms with Gasteiger partial charge in [0.25, 0.3) is 11.8 Å². The normalized spacial score (nSPS) is 11.1. The van der Waals surface area contributed by atoms with Gasteiger partial charge in [0.2, 0.25) is 0 Å². The maximum atomic E-state index is 12.6. The SMILES string of the molecule is NC(=O)c1c(Nc2ccc(NC(=O)c3ccc(C(F)(F)F)cc3)cc2)n[nH]c1N. The minimum absolute atomic E-state index is 0.0182. The van der Waals surface area contributed by atoms with E-state index in [0.717, 1.165) is 24.3 Å². The number of alkyl halides is 3. The zero-order valence-corrected chi connectivity index (χ0v) is 14.7. The molecule has 29 heavy (non-hydrogen) atoms. The van der Waals surface area contributed by atoms with Gasteiger partial charge in [0.15, 0.2) is 5.82 Å². The Hall–Kier alpha value is -4.02. The molecular formula is C18H15F3N6O2. The smallest absolute Gasteiger partial charge is 0.383 e. The molecule has 8 nitrogen and oxygen atoms in total. The molecule has 7 N–H and O–H groups in total. The molecule has 1 heterocycles. The average molecular weight is 404 g/mol. The summed E-state index contributed by atoms with van der Waals surface area (Å²) in [6.07, 6.45) is -4.47. The molecule has 0 aliphatic rings. The van der Waals surface area contributed by atoms with Crippen LogP contribution in [0, 0.1) is 0 Å². The number of nitrogens with two attached hydrogens (primary N) is 2. The Labute approximate surface area is 162 Å². The molecule has 0 fully saturated rings. The van der Waals surface area contributed by atoms with Gasteiger partial charge in [0, 0.05) is 16.9 Å². The molecule has 0 atom stereocenters. The van der Waals surface area contributed by atoms with Crippen molar-refractivity contribution in [2.75, 3.05) is 16.4 Å². The number of aromatic nitrogens is 2. The van der Waals surface area contributed by atoms with Crippen LogP contribution in [0.1, 0.15) is 26.3 Å². The Kier molecular flexibility index (Phi) is 5.13. The Morgan fingerprint density at radius 3 is 2.10 bits per heavy atom. The summed E-state index contributed by atoms with van der Waals surface area (Å²) in [7, 11) is 0. The van der Waals surface area contributed by atoms with Gasteiger partial charge in [0.1, 0.15) is 11.4 Å². The number of aromatic amines is 1. The Morgan fingerprint density at radius 1 is 0.966 bits per heavy atom. The molecule has 0 unspecified atom stereocenters. The molecule has 11 heteroatoms. The van der Waals surface area contributed by atoms with Crippen LogP contribution < -0.4 is 22.1 Å². The van der Waals surface area contributed by atoms with Crippen LogP contribution in [0.2, 0.25) is 0 Å². The first kappa shape index (κ1) is 19.7. The number of nitrogen functional groups attached to an aromatic ring is 1. The number of carbonyl (C=O) groups is 2. The van der Waals surface area contributed by atoms with Crippen molar-refractivity contribution in [3.05, 3.63) is 65.2 Å². The molecule has 0 saturated carbocycles. The number of benzene rings is 2. The first-order valence-corrected chi connectivity index (χ1v) is 8.14. The Balaban J connectivity index is 1.68. The monoisotopic (exact) mass is 404 g/mol. The van der Waals surface area contributed by atoms with Crippen molar-refractivity contribution in [2.24, 2.45) is 5.73 Å². The number of hydrogen-bond donors (Lipinski definition) is 5. The lowest BCUT2D eigenvalue weighted by atomic mass is 10.1. The minimum atomic E-state index is -4.47. The molecule has 2 amide bonds. The predicted octanol–water partition coefficient (Wildman–Crippen LogP) is 3.11. The van der Waals surface area contributed by atoms with Gasteiger partial charge in [-0.25, -0.2) is 0 Å². The quantitative estimate of drug-likeness (QED) is 0.445. The first-order valence-electron chi connectivity index (χ1n) is 8.14. The van der Waals surface area contributed by atoms with E-state index in [4.69, 9.17) is 11.5 Å². The molecule has 150 valence electrons. The molecule has 0 bridgehead atoms. The van der Waals surface area contributed by atoms with Crippen LogP contribution in [0.3, 0.4) is 0 Å². The van der Waals surface area contributed by atoms with Gasteiger partial charge < -0.3 is 22.1 Å². The number of amides is 2.